The first-order chi connectivity index (χ1) is 7.12. The van der Waals surface area contributed by atoms with E-state index >= 15 is 0 Å². The molecule has 1 aliphatic carbocycles. The minimum absolute atomic E-state index is 0.192. The molecule has 2 atom stereocenters. The lowest BCUT2D eigenvalue weighted by Gasteiger charge is -2.30. The van der Waals surface area contributed by atoms with Crippen molar-refractivity contribution in [3.8, 4) is 0 Å². The topological polar surface area (TPSA) is 43.4 Å². The number of halogens is 3. The SMILES string of the molecule is CC1CC(C)CC(OS(=O)(=O)C(F)(F)F)C1. The van der Waals surface area contributed by atoms with E-state index in [2.05, 4.69) is 4.18 Å². The van der Waals surface area contributed by atoms with Gasteiger partial charge in [0, 0.05) is 0 Å². The third-order valence-electron chi connectivity index (χ3n) is 2.68. The fourth-order valence-corrected chi connectivity index (χ4v) is 2.81. The average molecular weight is 260 g/mol. The van der Waals surface area contributed by atoms with Crippen molar-refractivity contribution in [1.29, 1.82) is 0 Å². The first-order valence-electron chi connectivity index (χ1n) is 5.11. The molecule has 7 heteroatoms. The summed E-state index contributed by atoms with van der Waals surface area (Å²) in [7, 11) is -5.44. The third-order valence-corrected chi connectivity index (χ3v) is 3.77. The molecule has 96 valence electrons. The molecule has 3 nitrogen and oxygen atoms in total. The van der Waals surface area contributed by atoms with E-state index in [0.717, 1.165) is 6.42 Å². The minimum Gasteiger partial charge on any atom is -0.260 e. The summed E-state index contributed by atoms with van der Waals surface area (Å²) in [6.45, 7) is 3.76. The largest absolute Gasteiger partial charge is 0.523 e. The first kappa shape index (κ1) is 13.8. The molecule has 0 bridgehead atoms. The van der Waals surface area contributed by atoms with Crippen LogP contribution in [0.25, 0.3) is 0 Å². The standard InChI is InChI=1S/C9H15F3O3S/c1-6-3-7(2)5-8(4-6)15-16(13,14)9(10,11)12/h6-8H,3-5H2,1-2H3. The van der Waals surface area contributed by atoms with E-state index in [4.69, 9.17) is 0 Å². The van der Waals surface area contributed by atoms with Gasteiger partial charge in [-0.1, -0.05) is 13.8 Å². The van der Waals surface area contributed by atoms with Crippen molar-refractivity contribution in [2.75, 3.05) is 0 Å². The molecule has 0 amide bonds. The Morgan fingerprint density at radius 2 is 1.50 bits per heavy atom. The van der Waals surface area contributed by atoms with Gasteiger partial charge >= 0.3 is 15.6 Å². The quantitative estimate of drug-likeness (QED) is 0.566. The van der Waals surface area contributed by atoms with Crippen LogP contribution in [0, 0.1) is 11.8 Å². The number of alkyl halides is 3. The van der Waals surface area contributed by atoms with Gasteiger partial charge in [-0.05, 0) is 31.1 Å². The zero-order valence-corrected chi connectivity index (χ0v) is 9.94. The van der Waals surface area contributed by atoms with Crippen LogP contribution in [0.4, 0.5) is 13.2 Å². The fourth-order valence-electron chi connectivity index (χ4n) is 2.19. The van der Waals surface area contributed by atoms with E-state index in [-0.39, 0.29) is 11.8 Å². The summed E-state index contributed by atoms with van der Waals surface area (Å²) in [5.41, 5.74) is -5.32. The van der Waals surface area contributed by atoms with E-state index in [1.54, 1.807) is 0 Å². The molecule has 0 aromatic carbocycles. The highest BCUT2D eigenvalue weighted by molar-refractivity contribution is 7.87. The molecule has 0 saturated heterocycles. The molecular formula is C9H15F3O3S. The predicted molar refractivity (Wildman–Crippen MR) is 52.0 cm³/mol. The highest BCUT2D eigenvalue weighted by Crippen LogP contribution is 2.34. The highest BCUT2D eigenvalue weighted by atomic mass is 32.2. The molecule has 1 saturated carbocycles. The number of hydrogen-bond acceptors (Lipinski definition) is 3. The molecular weight excluding hydrogens is 245 g/mol. The molecule has 0 aliphatic heterocycles. The smallest absolute Gasteiger partial charge is 0.260 e. The molecule has 1 fully saturated rings. The number of rotatable bonds is 2. The molecule has 0 heterocycles. The van der Waals surface area contributed by atoms with Crippen LogP contribution in [0.5, 0.6) is 0 Å². The molecule has 1 rings (SSSR count). The molecule has 0 radical (unpaired) electrons. The monoisotopic (exact) mass is 260 g/mol. The maximum atomic E-state index is 12.1. The van der Waals surface area contributed by atoms with E-state index in [9.17, 15) is 21.6 Å². The molecule has 0 aromatic heterocycles. The summed E-state index contributed by atoms with van der Waals surface area (Å²) in [6.07, 6.45) is 0.774. The zero-order valence-electron chi connectivity index (χ0n) is 9.12. The second-order valence-corrected chi connectivity index (χ2v) is 6.10. The third kappa shape index (κ3) is 3.35. The molecule has 0 aromatic rings. The lowest BCUT2D eigenvalue weighted by molar-refractivity contribution is -0.0600. The van der Waals surface area contributed by atoms with Crippen LogP contribution in [-0.4, -0.2) is 20.0 Å². The summed E-state index contributed by atoms with van der Waals surface area (Å²) in [4.78, 5) is 0. The van der Waals surface area contributed by atoms with Crippen LogP contribution in [0.3, 0.4) is 0 Å². The predicted octanol–water partition coefficient (Wildman–Crippen LogP) is 2.68. The van der Waals surface area contributed by atoms with Crippen molar-refractivity contribution < 1.29 is 25.8 Å². The van der Waals surface area contributed by atoms with Gasteiger partial charge in [0.25, 0.3) is 0 Å². The van der Waals surface area contributed by atoms with Gasteiger partial charge in [0.2, 0.25) is 0 Å². The first-order valence-corrected chi connectivity index (χ1v) is 6.52. The molecule has 16 heavy (non-hydrogen) atoms. The van der Waals surface area contributed by atoms with Crippen LogP contribution in [0.15, 0.2) is 0 Å². The summed E-state index contributed by atoms with van der Waals surface area (Å²) in [6, 6.07) is 0. The van der Waals surface area contributed by atoms with Gasteiger partial charge in [0.15, 0.2) is 0 Å². The van der Waals surface area contributed by atoms with Crippen molar-refractivity contribution in [2.45, 2.75) is 44.7 Å². The molecule has 0 spiro atoms. The van der Waals surface area contributed by atoms with E-state index < -0.39 is 21.7 Å². The summed E-state index contributed by atoms with van der Waals surface area (Å²) in [5, 5.41) is 0. The van der Waals surface area contributed by atoms with Gasteiger partial charge in [0.05, 0.1) is 6.10 Å². The zero-order chi connectivity index (χ0) is 12.6. The second kappa shape index (κ2) is 4.52. The van der Waals surface area contributed by atoms with Crippen molar-refractivity contribution in [1.82, 2.24) is 0 Å². The summed E-state index contributed by atoms with van der Waals surface area (Å²) >= 11 is 0. The Morgan fingerprint density at radius 1 is 1.06 bits per heavy atom. The van der Waals surface area contributed by atoms with E-state index in [0.29, 0.717) is 12.8 Å². The van der Waals surface area contributed by atoms with Crippen LogP contribution in [0.2, 0.25) is 0 Å². The van der Waals surface area contributed by atoms with E-state index in [1.165, 1.54) is 0 Å². The van der Waals surface area contributed by atoms with Gasteiger partial charge in [-0.2, -0.15) is 21.6 Å². The fraction of sp³-hybridized carbons (Fsp3) is 1.00. The molecule has 2 unspecified atom stereocenters. The highest BCUT2D eigenvalue weighted by Gasteiger charge is 2.49. The van der Waals surface area contributed by atoms with Gasteiger partial charge in [-0.25, -0.2) is 0 Å². The Kier molecular flexibility index (Phi) is 3.89. The Balaban J connectivity index is 2.68. The Bertz CT molecular complexity index is 326. The van der Waals surface area contributed by atoms with Crippen LogP contribution >= 0.6 is 0 Å². The van der Waals surface area contributed by atoms with Crippen LogP contribution in [-0.2, 0) is 14.3 Å². The van der Waals surface area contributed by atoms with Crippen LogP contribution < -0.4 is 0 Å². The normalized spacial score (nSPS) is 32.7. The Morgan fingerprint density at radius 3 is 1.88 bits per heavy atom. The Hall–Kier alpha value is -0.300. The van der Waals surface area contributed by atoms with Crippen molar-refractivity contribution in [3.63, 3.8) is 0 Å². The van der Waals surface area contributed by atoms with E-state index in [1.807, 2.05) is 13.8 Å². The number of hydrogen-bond donors (Lipinski definition) is 0. The van der Waals surface area contributed by atoms with Crippen LogP contribution in [0.1, 0.15) is 33.1 Å². The van der Waals surface area contributed by atoms with Crippen molar-refractivity contribution >= 4 is 10.1 Å². The maximum Gasteiger partial charge on any atom is 0.523 e. The lowest BCUT2D eigenvalue weighted by Crippen LogP contribution is -2.34. The van der Waals surface area contributed by atoms with Crippen molar-refractivity contribution in [2.24, 2.45) is 11.8 Å². The maximum absolute atomic E-state index is 12.1. The van der Waals surface area contributed by atoms with Gasteiger partial charge in [-0.15, -0.1) is 0 Å². The summed E-state index contributed by atoms with van der Waals surface area (Å²) in [5.74, 6) is 0.384. The lowest BCUT2D eigenvalue weighted by atomic mass is 9.82. The summed E-state index contributed by atoms with van der Waals surface area (Å²) < 4.78 is 62.0. The van der Waals surface area contributed by atoms with Gasteiger partial charge in [-0.3, -0.25) is 4.18 Å². The minimum atomic E-state index is -5.44. The Labute approximate surface area is 93.1 Å². The molecule has 0 N–H and O–H groups in total. The molecule has 1 aliphatic rings. The van der Waals surface area contributed by atoms with Gasteiger partial charge in [0.1, 0.15) is 0 Å². The average Bonchev–Trinajstić information content (AvgIpc) is 1.97. The van der Waals surface area contributed by atoms with Crippen molar-refractivity contribution in [3.05, 3.63) is 0 Å². The van der Waals surface area contributed by atoms with Gasteiger partial charge < -0.3 is 0 Å². The second-order valence-electron chi connectivity index (χ2n) is 4.54.